The van der Waals surface area contributed by atoms with E-state index in [1.165, 1.54) is 48.5 Å². The largest absolute Gasteiger partial charge is 0.483 e. The molecule has 0 atom stereocenters. The van der Waals surface area contributed by atoms with Gasteiger partial charge in [-0.25, -0.2) is 12.8 Å². The zero-order valence-electron chi connectivity index (χ0n) is 15.4. The van der Waals surface area contributed by atoms with E-state index in [0.717, 1.165) is 5.56 Å². The fourth-order valence-corrected chi connectivity index (χ4v) is 4.00. The van der Waals surface area contributed by atoms with Crippen LogP contribution in [-0.2, 0) is 9.84 Å². The molecule has 0 heterocycles. The average Bonchev–Trinajstić information content (AvgIpc) is 2.72. The van der Waals surface area contributed by atoms with Crippen LogP contribution in [0.15, 0.2) is 82.6 Å². The second-order valence-corrected chi connectivity index (χ2v) is 8.23. The molecule has 0 saturated carbocycles. The third-order valence-corrected chi connectivity index (χ3v) is 5.87. The standard InChI is InChI=1S/C22H16F4O3S/c23-18-11-7-16(8-12-18)5-6-17-9-13-19(14-10-17)30(27,28)21-4-2-1-3-20(21)29-15-22(24,25)26/h1-14H,15H2. The number of hydrogen-bond donors (Lipinski definition) is 0. The van der Waals surface area contributed by atoms with Crippen LogP contribution in [0.3, 0.4) is 0 Å². The predicted octanol–water partition coefficient (Wildman–Crippen LogP) is 5.77. The maximum Gasteiger partial charge on any atom is 0.422 e. The van der Waals surface area contributed by atoms with Crippen molar-refractivity contribution in [3.05, 3.63) is 89.7 Å². The van der Waals surface area contributed by atoms with Crippen molar-refractivity contribution in [3.63, 3.8) is 0 Å². The van der Waals surface area contributed by atoms with E-state index in [-0.39, 0.29) is 21.4 Å². The van der Waals surface area contributed by atoms with Crippen LogP contribution in [0.25, 0.3) is 12.2 Å². The van der Waals surface area contributed by atoms with Crippen molar-refractivity contribution in [1.82, 2.24) is 0 Å². The number of rotatable bonds is 6. The van der Waals surface area contributed by atoms with Crippen molar-refractivity contribution in [2.24, 2.45) is 0 Å². The fourth-order valence-electron chi connectivity index (χ4n) is 2.60. The molecule has 0 spiro atoms. The lowest BCUT2D eigenvalue weighted by atomic mass is 10.1. The van der Waals surface area contributed by atoms with E-state index in [1.54, 1.807) is 36.4 Å². The Hall–Kier alpha value is -3.13. The number of alkyl halides is 3. The molecular formula is C22H16F4O3S. The first-order chi connectivity index (χ1) is 14.1. The molecule has 0 bridgehead atoms. The molecule has 0 aromatic heterocycles. The van der Waals surface area contributed by atoms with Crippen molar-refractivity contribution < 1.29 is 30.7 Å². The number of hydrogen-bond acceptors (Lipinski definition) is 3. The molecule has 0 aliphatic heterocycles. The first-order valence-electron chi connectivity index (χ1n) is 8.72. The topological polar surface area (TPSA) is 43.4 Å². The first kappa shape index (κ1) is 21.6. The smallest absolute Gasteiger partial charge is 0.422 e. The molecule has 0 amide bonds. The van der Waals surface area contributed by atoms with Crippen molar-refractivity contribution in [2.45, 2.75) is 16.0 Å². The molecule has 0 aliphatic carbocycles. The van der Waals surface area contributed by atoms with Gasteiger partial charge in [0.2, 0.25) is 9.84 Å². The number of sulfone groups is 1. The second-order valence-electron chi connectivity index (χ2n) is 6.31. The summed E-state index contributed by atoms with van der Waals surface area (Å²) in [6, 6.07) is 16.9. The SMILES string of the molecule is O=S(=O)(c1ccc(C=Cc2ccc(F)cc2)cc1)c1ccccc1OCC(F)(F)F. The molecule has 0 N–H and O–H groups in total. The van der Waals surface area contributed by atoms with Crippen LogP contribution in [0, 0.1) is 5.82 Å². The number of benzene rings is 3. The lowest BCUT2D eigenvalue weighted by molar-refractivity contribution is -0.153. The zero-order valence-corrected chi connectivity index (χ0v) is 16.3. The Kier molecular flexibility index (Phi) is 6.26. The van der Waals surface area contributed by atoms with Gasteiger partial charge in [-0.2, -0.15) is 13.2 Å². The Morgan fingerprint density at radius 3 is 1.90 bits per heavy atom. The molecule has 156 valence electrons. The minimum Gasteiger partial charge on any atom is -0.483 e. The second kappa shape index (κ2) is 8.71. The van der Waals surface area contributed by atoms with Crippen LogP contribution in [0.2, 0.25) is 0 Å². The van der Waals surface area contributed by atoms with E-state index < -0.39 is 22.6 Å². The predicted molar refractivity (Wildman–Crippen MR) is 105 cm³/mol. The summed E-state index contributed by atoms with van der Waals surface area (Å²) < 4.78 is 80.8. The van der Waals surface area contributed by atoms with E-state index in [9.17, 15) is 26.0 Å². The molecule has 0 unspecified atom stereocenters. The van der Waals surface area contributed by atoms with Gasteiger partial charge in [0.15, 0.2) is 6.61 Å². The van der Waals surface area contributed by atoms with Gasteiger partial charge >= 0.3 is 6.18 Å². The third-order valence-electron chi connectivity index (χ3n) is 4.06. The summed E-state index contributed by atoms with van der Waals surface area (Å²) in [5.41, 5.74) is 1.46. The molecule has 30 heavy (non-hydrogen) atoms. The van der Waals surface area contributed by atoms with Gasteiger partial charge in [-0.15, -0.1) is 0 Å². The van der Waals surface area contributed by atoms with Gasteiger partial charge in [-0.05, 0) is 47.5 Å². The highest BCUT2D eigenvalue weighted by atomic mass is 32.2. The van der Waals surface area contributed by atoms with Gasteiger partial charge in [0, 0.05) is 0 Å². The summed E-state index contributed by atoms with van der Waals surface area (Å²) in [6.45, 7) is -1.59. The molecule has 3 aromatic rings. The van der Waals surface area contributed by atoms with Crippen LogP contribution in [-0.4, -0.2) is 21.2 Å². The zero-order chi connectivity index (χ0) is 21.8. The van der Waals surface area contributed by atoms with Gasteiger partial charge in [0.1, 0.15) is 16.5 Å². The Morgan fingerprint density at radius 1 is 0.800 bits per heavy atom. The van der Waals surface area contributed by atoms with Gasteiger partial charge < -0.3 is 4.74 Å². The third kappa shape index (κ3) is 5.48. The Labute approximate surface area is 171 Å². The molecule has 0 aliphatic rings. The molecule has 3 rings (SSSR count). The van der Waals surface area contributed by atoms with E-state index in [1.807, 2.05) is 0 Å². The monoisotopic (exact) mass is 436 g/mol. The maximum absolute atomic E-state index is 12.9. The molecule has 8 heteroatoms. The number of halogens is 4. The lowest BCUT2D eigenvalue weighted by Gasteiger charge is -2.13. The molecular weight excluding hydrogens is 420 g/mol. The fraction of sp³-hybridized carbons (Fsp3) is 0.0909. The summed E-state index contributed by atoms with van der Waals surface area (Å²) >= 11 is 0. The van der Waals surface area contributed by atoms with Crippen molar-refractivity contribution in [2.75, 3.05) is 6.61 Å². The summed E-state index contributed by atoms with van der Waals surface area (Å²) in [5, 5.41) is 0. The van der Waals surface area contributed by atoms with E-state index in [0.29, 0.717) is 5.56 Å². The van der Waals surface area contributed by atoms with Crippen molar-refractivity contribution >= 4 is 22.0 Å². The molecule has 3 aromatic carbocycles. The highest BCUT2D eigenvalue weighted by Crippen LogP contribution is 2.30. The maximum atomic E-state index is 12.9. The highest BCUT2D eigenvalue weighted by molar-refractivity contribution is 7.91. The van der Waals surface area contributed by atoms with Crippen LogP contribution < -0.4 is 4.74 Å². The van der Waals surface area contributed by atoms with Crippen LogP contribution in [0.5, 0.6) is 5.75 Å². The minimum atomic E-state index is -4.59. The quantitative estimate of drug-likeness (QED) is 0.364. The number of ether oxygens (including phenoxy) is 1. The molecule has 0 radical (unpaired) electrons. The van der Waals surface area contributed by atoms with Gasteiger partial charge in [-0.1, -0.05) is 48.6 Å². The lowest BCUT2D eigenvalue weighted by Crippen LogP contribution is -2.20. The Bertz CT molecular complexity index is 1130. The first-order valence-corrected chi connectivity index (χ1v) is 10.2. The average molecular weight is 436 g/mol. The van der Waals surface area contributed by atoms with Crippen molar-refractivity contribution in [1.29, 1.82) is 0 Å². The highest BCUT2D eigenvalue weighted by Gasteiger charge is 2.30. The van der Waals surface area contributed by atoms with Crippen LogP contribution >= 0.6 is 0 Å². The Morgan fingerprint density at radius 2 is 1.33 bits per heavy atom. The Balaban J connectivity index is 1.83. The van der Waals surface area contributed by atoms with Crippen LogP contribution in [0.1, 0.15) is 11.1 Å². The number of para-hydroxylation sites is 1. The normalized spacial score (nSPS) is 12.3. The van der Waals surface area contributed by atoms with Gasteiger partial charge in [-0.3, -0.25) is 0 Å². The molecule has 3 nitrogen and oxygen atoms in total. The molecule has 0 saturated heterocycles. The summed E-state index contributed by atoms with van der Waals surface area (Å²) in [7, 11) is -4.08. The van der Waals surface area contributed by atoms with E-state index in [2.05, 4.69) is 4.74 Å². The van der Waals surface area contributed by atoms with Gasteiger partial charge in [0.05, 0.1) is 4.90 Å². The summed E-state index contributed by atoms with van der Waals surface area (Å²) in [4.78, 5) is -0.423. The van der Waals surface area contributed by atoms with Gasteiger partial charge in [0.25, 0.3) is 0 Å². The van der Waals surface area contributed by atoms with Crippen molar-refractivity contribution in [3.8, 4) is 5.75 Å². The molecule has 0 fully saturated rings. The summed E-state index contributed by atoms with van der Waals surface area (Å²) in [6.07, 6.45) is -1.12. The minimum absolute atomic E-state index is 0.0792. The van der Waals surface area contributed by atoms with E-state index >= 15 is 0 Å². The van der Waals surface area contributed by atoms with E-state index in [4.69, 9.17) is 0 Å². The van der Waals surface area contributed by atoms with Crippen LogP contribution in [0.4, 0.5) is 17.6 Å². The summed E-state index contributed by atoms with van der Waals surface area (Å²) in [5.74, 6) is -0.712.